The van der Waals surface area contributed by atoms with Crippen molar-refractivity contribution in [3.05, 3.63) is 28.8 Å². The van der Waals surface area contributed by atoms with Gasteiger partial charge in [-0.1, -0.05) is 11.6 Å². The number of benzene rings is 1. The summed E-state index contributed by atoms with van der Waals surface area (Å²) in [7, 11) is 0. The lowest BCUT2D eigenvalue weighted by molar-refractivity contribution is -0.148. The minimum Gasteiger partial charge on any atom is -0.455 e. The number of hydrogen-bond donors (Lipinski definition) is 1. The molecule has 1 aliphatic rings. The van der Waals surface area contributed by atoms with Crippen molar-refractivity contribution >= 4 is 29.2 Å². The van der Waals surface area contributed by atoms with E-state index in [1.54, 1.807) is 6.07 Å². The molecule has 0 atom stereocenters. The van der Waals surface area contributed by atoms with Crippen molar-refractivity contribution < 1.29 is 14.3 Å². The highest BCUT2D eigenvalue weighted by Gasteiger charge is 2.31. The Labute approximate surface area is 115 Å². The van der Waals surface area contributed by atoms with Crippen molar-refractivity contribution in [2.75, 3.05) is 11.9 Å². The predicted molar refractivity (Wildman–Crippen MR) is 68.5 cm³/mol. The number of esters is 1. The third-order valence-electron chi connectivity index (χ3n) is 2.63. The van der Waals surface area contributed by atoms with Crippen LogP contribution in [-0.2, 0) is 14.3 Å². The van der Waals surface area contributed by atoms with Crippen LogP contribution in [0.2, 0.25) is 5.02 Å². The van der Waals surface area contributed by atoms with E-state index in [1.807, 2.05) is 6.07 Å². The van der Waals surface area contributed by atoms with Crippen LogP contribution in [0.15, 0.2) is 18.2 Å². The second-order valence-electron chi connectivity index (χ2n) is 4.24. The molecule has 0 aromatic heterocycles. The number of ether oxygens (including phenoxy) is 1. The number of amides is 1. The molecule has 19 heavy (non-hydrogen) atoms. The quantitative estimate of drug-likeness (QED) is 0.856. The Hall–Kier alpha value is -2.06. The minimum atomic E-state index is -0.435. The monoisotopic (exact) mass is 278 g/mol. The van der Waals surface area contributed by atoms with Crippen LogP contribution in [0.5, 0.6) is 0 Å². The van der Waals surface area contributed by atoms with Crippen molar-refractivity contribution in [2.45, 2.75) is 12.8 Å². The molecule has 0 bridgehead atoms. The molecule has 98 valence electrons. The van der Waals surface area contributed by atoms with Crippen molar-refractivity contribution in [1.29, 1.82) is 5.26 Å². The number of hydrogen-bond acceptors (Lipinski definition) is 4. The molecular formula is C13H11ClN2O3. The Morgan fingerprint density at radius 1 is 1.47 bits per heavy atom. The van der Waals surface area contributed by atoms with Crippen LogP contribution in [-0.4, -0.2) is 18.5 Å². The summed E-state index contributed by atoms with van der Waals surface area (Å²) < 4.78 is 4.84. The maximum atomic E-state index is 11.5. The zero-order valence-corrected chi connectivity index (χ0v) is 10.7. The van der Waals surface area contributed by atoms with Gasteiger partial charge in [-0.05, 0) is 31.0 Å². The van der Waals surface area contributed by atoms with Gasteiger partial charge in [0.05, 0.1) is 16.5 Å². The fourth-order valence-electron chi connectivity index (χ4n) is 1.45. The van der Waals surface area contributed by atoms with Crippen LogP contribution in [0.25, 0.3) is 0 Å². The zero-order valence-electron chi connectivity index (χ0n) is 9.98. The number of anilines is 1. The Morgan fingerprint density at radius 3 is 2.79 bits per heavy atom. The molecule has 1 saturated carbocycles. The number of nitriles is 1. The first-order chi connectivity index (χ1) is 9.10. The molecule has 0 heterocycles. The topological polar surface area (TPSA) is 79.2 Å². The molecule has 5 nitrogen and oxygen atoms in total. The normalized spacial score (nSPS) is 13.5. The maximum absolute atomic E-state index is 11.5. The highest BCUT2D eigenvalue weighted by Crippen LogP contribution is 2.30. The Kier molecular flexibility index (Phi) is 4.03. The maximum Gasteiger partial charge on any atom is 0.309 e. The summed E-state index contributed by atoms with van der Waals surface area (Å²) in [5, 5.41) is 11.5. The van der Waals surface area contributed by atoms with E-state index in [-0.39, 0.29) is 23.5 Å². The van der Waals surface area contributed by atoms with Gasteiger partial charge in [0.25, 0.3) is 5.91 Å². The van der Waals surface area contributed by atoms with E-state index >= 15 is 0 Å². The summed E-state index contributed by atoms with van der Waals surface area (Å²) in [6, 6.07) is 6.46. The third-order valence-corrected chi connectivity index (χ3v) is 2.94. The largest absolute Gasteiger partial charge is 0.455 e. The van der Waals surface area contributed by atoms with Crippen LogP contribution >= 0.6 is 11.6 Å². The Balaban J connectivity index is 1.86. The smallest absolute Gasteiger partial charge is 0.309 e. The molecule has 0 aliphatic heterocycles. The molecule has 0 radical (unpaired) electrons. The van der Waals surface area contributed by atoms with Gasteiger partial charge in [-0.2, -0.15) is 5.26 Å². The summed E-state index contributed by atoms with van der Waals surface area (Å²) in [6.45, 7) is -0.313. The summed E-state index contributed by atoms with van der Waals surface area (Å²) in [5.41, 5.74) is 0.788. The van der Waals surface area contributed by atoms with Gasteiger partial charge in [0, 0.05) is 5.69 Å². The lowest BCUT2D eigenvalue weighted by atomic mass is 10.2. The van der Waals surface area contributed by atoms with E-state index in [0.717, 1.165) is 12.8 Å². The first-order valence-electron chi connectivity index (χ1n) is 5.76. The molecule has 2 rings (SSSR count). The van der Waals surface area contributed by atoms with Crippen LogP contribution in [0.4, 0.5) is 5.69 Å². The predicted octanol–water partition coefficient (Wildman–Crippen LogP) is 2.10. The van der Waals surface area contributed by atoms with Crippen LogP contribution in [0, 0.1) is 17.2 Å². The van der Waals surface area contributed by atoms with Gasteiger partial charge in [0.1, 0.15) is 6.07 Å². The molecule has 1 amide bonds. The van der Waals surface area contributed by atoms with E-state index in [0.29, 0.717) is 11.3 Å². The van der Waals surface area contributed by atoms with E-state index in [9.17, 15) is 9.59 Å². The molecule has 1 aromatic rings. The highest BCUT2D eigenvalue weighted by molar-refractivity contribution is 6.32. The summed E-state index contributed by atoms with van der Waals surface area (Å²) in [5.74, 6) is -0.792. The van der Waals surface area contributed by atoms with Gasteiger partial charge in [0.2, 0.25) is 0 Å². The Morgan fingerprint density at radius 2 is 2.21 bits per heavy atom. The molecular weight excluding hydrogens is 268 g/mol. The van der Waals surface area contributed by atoms with Crippen molar-refractivity contribution in [2.24, 2.45) is 5.92 Å². The fraction of sp³-hybridized carbons (Fsp3) is 0.308. The number of nitrogens with zero attached hydrogens (tertiary/aromatic N) is 1. The first-order valence-corrected chi connectivity index (χ1v) is 6.14. The lowest BCUT2D eigenvalue weighted by Crippen LogP contribution is -2.21. The minimum absolute atomic E-state index is 0.0304. The van der Waals surface area contributed by atoms with E-state index < -0.39 is 5.91 Å². The summed E-state index contributed by atoms with van der Waals surface area (Å²) in [6.07, 6.45) is 1.68. The number of halogens is 1. The van der Waals surface area contributed by atoms with Gasteiger partial charge >= 0.3 is 5.97 Å². The third kappa shape index (κ3) is 3.70. The van der Waals surface area contributed by atoms with E-state index in [4.69, 9.17) is 21.6 Å². The van der Waals surface area contributed by atoms with Gasteiger partial charge < -0.3 is 10.1 Å². The van der Waals surface area contributed by atoms with Gasteiger partial charge in [-0.3, -0.25) is 9.59 Å². The average Bonchev–Trinajstić information content (AvgIpc) is 3.20. The molecule has 1 aromatic carbocycles. The number of carbonyl (C=O) groups excluding carboxylic acids is 2. The lowest BCUT2D eigenvalue weighted by Gasteiger charge is -2.07. The Bertz CT molecular complexity index is 561. The van der Waals surface area contributed by atoms with Crippen molar-refractivity contribution in [1.82, 2.24) is 0 Å². The molecule has 6 heteroatoms. The molecule has 1 aliphatic carbocycles. The van der Waals surface area contributed by atoms with E-state index in [1.165, 1.54) is 12.1 Å². The summed E-state index contributed by atoms with van der Waals surface area (Å²) in [4.78, 5) is 22.8. The average molecular weight is 279 g/mol. The second-order valence-corrected chi connectivity index (χ2v) is 4.64. The first kappa shape index (κ1) is 13.4. The number of carbonyl (C=O) groups is 2. The molecule has 0 unspecified atom stereocenters. The van der Waals surface area contributed by atoms with Crippen LogP contribution in [0.3, 0.4) is 0 Å². The SMILES string of the molecule is N#Cc1ccc(NC(=O)COC(=O)C2CC2)cc1Cl. The number of rotatable bonds is 4. The van der Waals surface area contributed by atoms with Crippen molar-refractivity contribution in [3.63, 3.8) is 0 Å². The van der Waals surface area contributed by atoms with Crippen LogP contribution in [0.1, 0.15) is 18.4 Å². The second kappa shape index (κ2) is 5.72. The van der Waals surface area contributed by atoms with E-state index in [2.05, 4.69) is 5.32 Å². The molecule has 0 saturated heterocycles. The standard InChI is InChI=1S/C13H11ClN2O3/c14-11-5-10(4-3-9(11)6-15)16-12(17)7-19-13(18)8-1-2-8/h3-5,8H,1-2,7H2,(H,16,17). The molecule has 0 spiro atoms. The van der Waals surface area contributed by atoms with Crippen LogP contribution < -0.4 is 5.32 Å². The fourth-order valence-corrected chi connectivity index (χ4v) is 1.68. The zero-order chi connectivity index (χ0) is 13.8. The van der Waals surface area contributed by atoms with Gasteiger partial charge in [0.15, 0.2) is 6.61 Å². The van der Waals surface area contributed by atoms with Crippen molar-refractivity contribution in [3.8, 4) is 6.07 Å². The number of nitrogens with one attached hydrogen (secondary N) is 1. The molecule has 1 fully saturated rings. The molecule has 1 N–H and O–H groups in total. The van der Waals surface area contributed by atoms with Gasteiger partial charge in [-0.15, -0.1) is 0 Å². The highest BCUT2D eigenvalue weighted by atomic mass is 35.5. The summed E-state index contributed by atoms with van der Waals surface area (Å²) >= 11 is 5.83. The van der Waals surface area contributed by atoms with Gasteiger partial charge in [-0.25, -0.2) is 0 Å².